The monoisotopic (exact) mass is 167 g/mol. The first kappa shape index (κ1) is 11.0. The van der Waals surface area contributed by atoms with Gasteiger partial charge in [0.05, 0.1) is 5.70 Å². The highest BCUT2D eigenvalue weighted by atomic mass is 16.1. The minimum Gasteiger partial charge on any atom is -0.349 e. The molecular weight excluding hydrogens is 150 g/mol. The van der Waals surface area contributed by atoms with Gasteiger partial charge in [0, 0.05) is 14.0 Å². The van der Waals surface area contributed by atoms with Gasteiger partial charge in [0.1, 0.15) is 0 Å². The largest absolute Gasteiger partial charge is 0.349 e. The fourth-order valence-corrected chi connectivity index (χ4v) is 1.25. The Hall–Kier alpha value is -1.05. The number of Topliss-reactive ketones (excluding diaryl/α,β-unsaturated/α-hetero) is 1. The van der Waals surface area contributed by atoms with Gasteiger partial charge in [-0.2, -0.15) is 0 Å². The van der Waals surface area contributed by atoms with Crippen molar-refractivity contribution < 1.29 is 4.79 Å². The zero-order chi connectivity index (χ0) is 9.72. The van der Waals surface area contributed by atoms with E-state index in [-0.39, 0.29) is 5.78 Å². The van der Waals surface area contributed by atoms with Crippen LogP contribution in [0.2, 0.25) is 0 Å². The fourth-order valence-electron chi connectivity index (χ4n) is 1.25. The first-order valence-electron chi connectivity index (χ1n) is 4.04. The first-order valence-corrected chi connectivity index (χ1v) is 4.04. The average molecular weight is 167 g/mol. The molecule has 12 heavy (non-hydrogen) atoms. The van der Waals surface area contributed by atoms with Gasteiger partial charge in [-0.25, -0.2) is 0 Å². The summed E-state index contributed by atoms with van der Waals surface area (Å²) in [4.78, 5) is 13.0. The number of nitrogens with zero attached hydrogens (tertiary/aromatic N) is 1. The van der Waals surface area contributed by atoms with Crippen molar-refractivity contribution in [2.24, 2.45) is 0 Å². The second-order valence-electron chi connectivity index (χ2n) is 3.00. The molecule has 0 radical (unpaired) electrons. The van der Waals surface area contributed by atoms with E-state index in [0.29, 0.717) is 0 Å². The predicted molar refractivity (Wildman–Crippen MR) is 51.6 cm³/mol. The smallest absolute Gasteiger partial charge is 0.176 e. The quantitative estimate of drug-likeness (QED) is 0.601. The van der Waals surface area contributed by atoms with Crippen molar-refractivity contribution in [1.29, 1.82) is 0 Å². The van der Waals surface area contributed by atoms with E-state index in [1.54, 1.807) is 6.92 Å². The lowest BCUT2D eigenvalue weighted by molar-refractivity contribution is -0.114. The van der Waals surface area contributed by atoms with Gasteiger partial charge < -0.3 is 4.90 Å². The van der Waals surface area contributed by atoms with E-state index in [9.17, 15) is 4.79 Å². The van der Waals surface area contributed by atoms with Crippen LogP contribution < -0.4 is 0 Å². The summed E-state index contributed by atoms with van der Waals surface area (Å²) in [5.74, 6) is 0.107. The predicted octanol–water partition coefficient (Wildman–Crippen LogP) is 2.33. The molecule has 0 N–H and O–H groups in total. The Morgan fingerprint density at radius 3 is 2.00 bits per heavy atom. The topological polar surface area (TPSA) is 20.3 Å². The minimum atomic E-state index is 0.107. The van der Waals surface area contributed by atoms with Crippen molar-refractivity contribution in [2.75, 3.05) is 7.05 Å². The molecule has 2 heteroatoms. The van der Waals surface area contributed by atoms with Crippen LogP contribution in [0.15, 0.2) is 23.5 Å². The number of allylic oxidation sites excluding steroid dienone is 3. The molecule has 0 heterocycles. The molecule has 0 aliphatic heterocycles. The van der Waals surface area contributed by atoms with Gasteiger partial charge >= 0.3 is 0 Å². The van der Waals surface area contributed by atoms with Crippen LogP contribution in [-0.4, -0.2) is 17.7 Å². The molecule has 0 amide bonds. The average Bonchev–Trinajstić information content (AvgIpc) is 1.85. The standard InChI is InChI=1S/C10H17NO/c1-6-7-11(5)10(8(2)3)9(4)12/h6-7H,1-5H3. The lowest BCUT2D eigenvalue weighted by Gasteiger charge is -2.17. The lowest BCUT2D eigenvalue weighted by atomic mass is 10.2. The summed E-state index contributed by atoms with van der Waals surface area (Å²) in [6.45, 7) is 7.40. The normalized spacial score (nSPS) is 10.1. The molecule has 0 unspecified atom stereocenters. The number of likely N-dealkylation sites (N-methyl/N-ethyl adjacent to an activating group) is 1. The molecular formula is C10H17NO. The Kier molecular flexibility index (Phi) is 4.34. The molecule has 2 nitrogen and oxygen atoms in total. The Labute approximate surface area is 74.6 Å². The number of hydrogen-bond donors (Lipinski definition) is 0. The maximum Gasteiger partial charge on any atom is 0.176 e. The van der Waals surface area contributed by atoms with Crippen LogP contribution in [-0.2, 0) is 4.79 Å². The van der Waals surface area contributed by atoms with Gasteiger partial charge in [0.2, 0.25) is 0 Å². The summed E-state index contributed by atoms with van der Waals surface area (Å²) >= 11 is 0. The molecule has 0 atom stereocenters. The Balaban J connectivity index is 4.78. The van der Waals surface area contributed by atoms with Crippen LogP contribution in [0.4, 0.5) is 0 Å². The summed E-state index contributed by atoms with van der Waals surface area (Å²) in [6, 6.07) is 0. The Bertz CT molecular complexity index is 222. The van der Waals surface area contributed by atoms with E-state index in [4.69, 9.17) is 0 Å². The van der Waals surface area contributed by atoms with Crippen molar-refractivity contribution in [3.05, 3.63) is 23.5 Å². The van der Waals surface area contributed by atoms with Crippen molar-refractivity contribution in [2.45, 2.75) is 27.7 Å². The van der Waals surface area contributed by atoms with E-state index < -0.39 is 0 Å². The molecule has 0 bridgehead atoms. The number of carbonyl (C=O) groups excluding carboxylic acids is 1. The number of rotatable bonds is 3. The molecule has 68 valence electrons. The second-order valence-corrected chi connectivity index (χ2v) is 3.00. The molecule has 0 aromatic rings. The van der Waals surface area contributed by atoms with E-state index in [0.717, 1.165) is 11.3 Å². The molecule has 0 aromatic heterocycles. The third kappa shape index (κ3) is 2.91. The highest BCUT2D eigenvalue weighted by Crippen LogP contribution is 2.09. The van der Waals surface area contributed by atoms with Gasteiger partial charge in [0.25, 0.3) is 0 Å². The fraction of sp³-hybridized carbons (Fsp3) is 0.500. The van der Waals surface area contributed by atoms with Gasteiger partial charge in [-0.3, -0.25) is 4.79 Å². The third-order valence-corrected chi connectivity index (χ3v) is 1.53. The highest BCUT2D eigenvalue weighted by molar-refractivity contribution is 5.93. The summed E-state index contributed by atoms with van der Waals surface area (Å²) in [7, 11) is 1.88. The van der Waals surface area contributed by atoms with Crippen molar-refractivity contribution >= 4 is 5.78 Å². The van der Waals surface area contributed by atoms with Crippen LogP contribution in [0, 0.1) is 0 Å². The maximum absolute atomic E-state index is 11.2. The second kappa shape index (κ2) is 4.75. The summed E-state index contributed by atoms with van der Waals surface area (Å²) in [6.07, 6.45) is 3.79. The molecule has 0 spiro atoms. The van der Waals surface area contributed by atoms with E-state index in [1.165, 1.54) is 0 Å². The van der Waals surface area contributed by atoms with Crippen LogP contribution >= 0.6 is 0 Å². The molecule has 0 saturated carbocycles. The third-order valence-electron chi connectivity index (χ3n) is 1.53. The zero-order valence-electron chi connectivity index (χ0n) is 8.51. The number of carbonyl (C=O) groups is 1. The number of hydrogen-bond acceptors (Lipinski definition) is 2. The van der Waals surface area contributed by atoms with Crippen LogP contribution in [0.3, 0.4) is 0 Å². The van der Waals surface area contributed by atoms with Crippen molar-refractivity contribution in [3.8, 4) is 0 Å². The molecule has 0 fully saturated rings. The van der Waals surface area contributed by atoms with Gasteiger partial charge in [-0.1, -0.05) is 6.08 Å². The van der Waals surface area contributed by atoms with E-state index in [2.05, 4.69) is 0 Å². The van der Waals surface area contributed by atoms with Crippen LogP contribution in [0.5, 0.6) is 0 Å². The maximum atomic E-state index is 11.2. The molecule has 0 rings (SSSR count). The Morgan fingerprint density at radius 2 is 1.75 bits per heavy atom. The minimum absolute atomic E-state index is 0.107. The molecule has 0 aliphatic carbocycles. The SMILES string of the molecule is CC=CN(C)C(C(C)=O)=C(C)C. The first-order chi connectivity index (χ1) is 5.50. The van der Waals surface area contributed by atoms with E-state index in [1.807, 2.05) is 45.0 Å². The van der Waals surface area contributed by atoms with Gasteiger partial charge in [-0.05, 0) is 32.5 Å². The van der Waals surface area contributed by atoms with Crippen molar-refractivity contribution in [3.63, 3.8) is 0 Å². The lowest BCUT2D eigenvalue weighted by Crippen LogP contribution is -2.17. The van der Waals surface area contributed by atoms with E-state index >= 15 is 0 Å². The van der Waals surface area contributed by atoms with Gasteiger partial charge in [0.15, 0.2) is 5.78 Å². The summed E-state index contributed by atoms with van der Waals surface area (Å²) < 4.78 is 0. The Morgan fingerprint density at radius 1 is 1.25 bits per heavy atom. The van der Waals surface area contributed by atoms with Crippen molar-refractivity contribution in [1.82, 2.24) is 4.90 Å². The summed E-state index contributed by atoms with van der Waals surface area (Å²) in [5.41, 5.74) is 1.82. The highest BCUT2D eigenvalue weighted by Gasteiger charge is 2.08. The molecule has 0 saturated heterocycles. The van der Waals surface area contributed by atoms with Gasteiger partial charge in [-0.15, -0.1) is 0 Å². The van der Waals surface area contributed by atoms with Crippen LogP contribution in [0.1, 0.15) is 27.7 Å². The van der Waals surface area contributed by atoms with Crippen LogP contribution in [0.25, 0.3) is 0 Å². The molecule has 0 aromatic carbocycles. The zero-order valence-corrected chi connectivity index (χ0v) is 8.51. The molecule has 0 aliphatic rings. The summed E-state index contributed by atoms with van der Waals surface area (Å²) in [5, 5.41) is 0. The number of ketones is 1.